The number of hydrogen-bond acceptors (Lipinski definition) is 2. The molecule has 0 spiro atoms. The van der Waals surface area contributed by atoms with Crippen LogP contribution in [-0.2, 0) is 4.79 Å². The molecule has 2 fully saturated rings. The van der Waals surface area contributed by atoms with Crippen molar-refractivity contribution in [2.75, 3.05) is 6.54 Å². The van der Waals surface area contributed by atoms with E-state index < -0.39 is 5.54 Å². The summed E-state index contributed by atoms with van der Waals surface area (Å²) in [6.07, 6.45) is 2.29. The highest BCUT2D eigenvalue weighted by atomic mass is 16.2. The zero-order chi connectivity index (χ0) is 11.1. The van der Waals surface area contributed by atoms with Gasteiger partial charge >= 0.3 is 0 Å². The molecule has 1 aliphatic carbocycles. The highest BCUT2D eigenvalue weighted by Gasteiger charge is 2.51. The number of nitrogens with zero attached hydrogens (tertiary/aromatic N) is 1. The van der Waals surface area contributed by atoms with Gasteiger partial charge < -0.3 is 5.32 Å². The van der Waals surface area contributed by atoms with Crippen LogP contribution in [0.25, 0.3) is 0 Å². The molecule has 1 amide bonds. The maximum absolute atomic E-state index is 11.8. The van der Waals surface area contributed by atoms with Crippen LogP contribution in [0.2, 0.25) is 0 Å². The smallest absolute Gasteiger partial charge is 0.252 e. The zero-order valence-electron chi connectivity index (χ0n) is 9.63. The van der Waals surface area contributed by atoms with Crippen LogP contribution >= 0.6 is 0 Å². The number of carbonyl (C=O) groups is 1. The summed E-state index contributed by atoms with van der Waals surface area (Å²) < 4.78 is 0. The van der Waals surface area contributed by atoms with E-state index in [0.29, 0.717) is 17.8 Å². The molecule has 0 aromatic rings. The summed E-state index contributed by atoms with van der Waals surface area (Å²) in [6, 6.07) is 0. The van der Waals surface area contributed by atoms with Crippen LogP contribution in [0, 0.1) is 11.8 Å². The summed E-state index contributed by atoms with van der Waals surface area (Å²) in [4.78, 5) is 16.1. The number of hydrogen-bond donors (Lipinski definition) is 2. The van der Waals surface area contributed by atoms with Gasteiger partial charge in [0, 0.05) is 6.54 Å². The van der Waals surface area contributed by atoms with Crippen LogP contribution in [0.1, 0.15) is 33.6 Å². The third-order valence-electron chi connectivity index (χ3n) is 3.09. The first-order chi connectivity index (χ1) is 7.02. The molecule has 15 heavy (non-hydrogen) atoms. The molecule has 1 saturated carbocycles. The molecule has 1 saturated heterocycles. The Morgan fingerprint density at radius 3 is 2.73 bits per heavy atom. The van der Waals surface area contributed by atoms with E-state index in [-0.39, 0.29) is 5.91 Å². The van der Waals surface area contributed by atoms with E-state index >= 15 is 0 Å². The fourth-order valence-corrected chi connectivity index (χ4v) is 1.87. The standard InChI is InChI=1S/C11H19N3O/c1-7(2)6-12-10-13-9(15)11(3,14-10)8-4-5-8/h7-8H,4-6H2,1-3H3,(H2,12,13,14,15). The van der Waals surface area contributed by atoms with Crippen LogP contribution in [0.15, 0.2) is 4.99 Å². The van der Waals surface area contributed by atoms with Crippen molar-refractivity contribution in [2.45, 2.75) is 39.2 Å². The Labute approximate surface area is 90.5 Å². The Hall–Kier alpha value is -1.06. The van der Waals surface area contributed by atoms with E-state index in [1.807, 2.05) is 6.92 Å². The second-order valence-corrected chi connectivity index (χ2v) is 5.14. The molecular weight excluding hydrogens is 190 g/mol. The minimum absolute atomic E-state index is 0.0764. The Morgan fingerprint density at radius 2 is 2.20 bits per heavy atom. The maximum Gasteiger partial charge on any atom is 0.252 e. The zero-order valence-corrected chi connectivity index (χ0v) is 9.63. The van der Waals surface area contributed by atoms with E-state index in [1.54, 1.807) is 0 Å². The minimum atomic E-state index is -0.407. The van der Waals surface area contributed by atoms with Gasteiger partial charge in [-0.25, -0.2) is 0 Å². The van der Waals surface area contributed by atoms with Crippen LogP contribution in [0.5, 0.6) is 0 Å². The Morgan fingerprint density at radius 1 is 1.53 bits per heavy atom. The molecule has 1 aliphatic heterocycles. The predicted molar refractivity (Wildman–Crippen MR) is 59.5 cm³/mol. The molecule has 4 nitrogen and oxygen atoms in total. The first kappa shape index (κ1) is 10.5. The number of guanidine groups is 1. The Kier molecular flexibility index (Phi) is 2.44. The Bertz CT molecular complexity index is 307. The molecule has 0 aromatic carbocycles. The third kappa shape index (κ3) is 1.98. The predicted octanol–water partition coefficient (Wildman–Crippen LogP) is 0.886. The van der Waals surface area contributed by atoms with Crippen molar-refractivity contribution >= 4 is 11.9 Å². The van der Waals surface area contributed by atoms with Crippen LogP contribution < -0.4 is 10.6 Å². The molecule has 0 radical (unpaired) electrons. The topological polar surface area (TPSA) is 53.5 Å². The lowest BCUT2D eigenvalue weighted by Gasteiger charge is -2.19. The van der Waals surface area contributed by atoms with E-state index in [0.717, 1.165) is 19.4 Å². The lowest BCUT2D eigenvalue weighted by Crippen LogP contribution is -2.45. The molecule has 1 heterocycles. The number of amides is 1. The lowest BCUT2D eigenvalue weighted by atomic mass is 9.97. The highest BCUT2D eigenvalue weighted by Crippen LogP contribution is 2.40. The molecule has 0 bridgehead atoms. The van der Waals surface area contributed by atoms with Gasteiger partial charge in [0.15, 0.2) is 5.96 Å². The largest absolute Gasteiger partial charge is 0.342 e. The first-order valence-corrected chi connectivity index (χ1v) is 5.66. The van der Waals surface area contributed by atoms with E-state index in [1.165, 1.54) is 0 Å². The van der Waals surface area contributed by atoms with Crippen molar-refractivity contribution in [3.05, 3.63) is 0 Å². The molecule has 2 aliphatic rings. The van der Waals surface area contributed by atoms with Gasteiger partial charge in [-0.15, -0.1) is 0 Å². The highest BCUT2D eigenvalue weighted by molar-refractivity contribution is 6.09. The van der Waals surface area contributed by atoms with Crippen molar-refractivity contribution in [1.82, 2.24) is 10.6 Å². The van der Waals surface area contributed by atoms with Crippen molar-refractivity contribution in [3.63, 3.8) is 0 Å². The normalized spacial score (nSPS) is 33.3. The fourth-order valence-electron chi connectivity index (χ4n) is 1.87. The summed E-state index contributed by atoms with van der Waals surface area (Å²) in [5.41, 5.74) is -0.407. The van der Waals surface area contributed by atoms with Crippen LogP contribution in [0.4, 0.5) is 0 Å². The Balaban J connectivity index is 2.03. The number of rotatable bonds is 3. The third-order valence-corrected chi connectivity index (χ3v) is 3.09. The van der Waals surface area contributed by atoms with Gasteiger partial charge in [-0.3, -0.25) is 15.1 Å². The second-order valence-electron chi connectivity index (χ2n) is 5.14. The molecule has 1 unspecified atom stereocenters. The van der Waals surface area contributed by atoms with Gasteiger partial charge in [-0.1, -0.05) is 13.8 Å². The van der Waals surface area contributed by atoms with Gasteiger partial charge in [0.25, 0.3) is 5.91 Å². The number of nitrogens with one attached hydrogen (secondary N) is 2. The van der Waals surface area contributed by atoms with Gasteiger partial charge in [-0.05, 0) is 31.6 Å². The van der Waals surface area contributed by atoms with E-state index in [2.05, 4.69) is 29.5 Å². The fraction of sp³-hybridized carbons (Fsp3) is 0.818. The molecule has 0 aromatic heterocycles. The van der Waals surface area contributed by atoms with Gasteiger partial charge in [0.05, 0.1) is 0 Å². The summed E-state index contributed by atoms with van der Waals surface area (Å²) in [6.45, 7) is 6.95. The van der Waals surface area contributed by atoms with Crippen molar-refractivity contribution in [3.8, 4) is 0 Å². The summed E-state index contributed by atoms with van der Waals surface area (Å²) in [7, 11) is 0. The first-order valence-electron chi connectivity index (χ1n) is 5.66. The summed E-state index contributed by atoms with van der Waals surface area (Å²) in [5, 5.41) is 6.04. The van der Waals surface area contributed by atoms with E-state index in [9.17, 15) is 4.79 Å². The molecule has 1 atom stereocenters. The van der Waals surface area contributed by atoms with Gasteiger partial charge in [-0.2, -0.15) is 0 Å². The average molecular weight is 209 g/mol. The van der Waals surface area contributed by atoms with Crippen molar-refractivity contribution in [2.24, 2.45) is 16.8 Å². The van der Waals surface area contributed by atoms with Gasteiger partial charge in [0.2, 0.25) is 0 Å². The molecule has 2 N–H and O–H groups in total. The SMILES string of the molecule is CC(C)CN=C1NC(=O)C(C)(C2CC2)N1. The molecule has 84 valence electrons. The van der Waals surface area contributed by atoms with Crippen LogP contribution in [0.3, 0.4) is 0 Å². The number of aliphatic imine (C=N–C) groups is 1. The lowest BCUT2D eigenvalue weighted by molar-refractivity contribution is -0.124. The summed E-state index contributed by atoms with van der Waals surface area (Å²) >= 11 is 0. The number of carbonyl (C=O) groups excluding carboxylic acids is 1. The minimum Gasteiger partial charge on any atom is -0.342 e. The summed E-state index contributed by atoms with van der Waals surface area (Å²) in [5.74, 6) is 1.74. The van der Waals surface area contributed by atoms with E-state index in [4.69, 9.17) is 0 Å². The molecule has 4 heteroatoms. The van der Waals surface area contributed by atoms with Gasteiger partial charge in [0.1, 0.15) is 5.54 Å². The monoisotopic (exact) mass is 209 g/mol. The van der Waals surface area contributed by atoms with Crippen molar-refractivity contribution in [1.29, 1.82) is 0 Å². The van der Waals surface area contributed by atoms with Crippen LogP contribution in [-0.4, -0.2) is 24.0 Å². The molecule has 2 rings (SSSR count). The maximum atomic E-state index is 11.8. The average Bonchev–Trinajstić information content (AvgIpc) is 2.93. The quantitative estimate of drug-likeness (QED) is 0.725. The van der Waals surface area contributed by atoms with Crippen molar-refractivity contribution < 1.29 is 4.79 Å². The second kappa shape index (κ2) is 3.51. The molecular formula is C11H19N3O.